The first-order valence-corrected chi connectivity index (χ1v) is 14.7. The first-order chi connectivity index (χ1) is 19.4. The van der Waals surface area contributed by atoms with Gasteiger partial charge >= 0.3 is 0 Å². The maximum Gasteiger partial charge on any atom is 0.162 e. The molecule has 0 heterocycles. The Labute approximate surface area is 240 Å². The van der Waals surface area contributed by atoms with E-state index in [1.54, 1.807) is 20.3 Å². The lowest BCUT2D eigenvalue weighted by Gasteiger charge is -2.36. The van der Waals surface area contributed by atoms with Crippen LogP contribution >= 0.6 is 0 Å². The summed E-state index contributed by atoms with van der Waals surface area (Å²) >= 11 is 0. The van der Waals surface area contributed by atoms with Gasteiger partial charge in [0.25, 0.3) is 0 Å². The highest BCUT2D eigenvalue weighted by molar-refractivity contribution is 5.65. The Bertz CT molecular complexity index is 1240. The Kier molecular flexibility index (Phi) is 10.2. The summed E-state index contributed by atoms with van der Waals surface area (Å²) in [5.74, 6) is 3.09. The van der Waals surface area contributed by atoms with Crippen LogP contribution in [0.3, 0.4) is 0 Å². The number of anilines is 1. The van der Waals surface area contributed by atoms with Gasteiger partial charge in [-0.25, -0.2) is 0 Å². The van der Waals surface area contributed by atoms with Crippen molar-refractivity contribution in [3.8, 4) is 23.0 Å². The van der Waals surface area contributed by atoms with Crippen molar-refractivity contribution in [1.29, 1.82) is 0 Å². The third-order valence-electron chi connectivity index (χ3n) is 8.44. The molecule has 4 rings (SSSR count). The zero-order chi connectivity index (χ0) is 28.6. The van der Waals surface area contributed by atoms with E-state index in [2.05, 4.69) is 80.0 Å². The standard InChI is InChI=1S/C34H46N2O4/c1-7-35(8-2)18-19-40-30-16-13-25(14-17-30)24(4)36(9-3)32-23-34(39-6)33(38-5)22-31(32)28-11-10-27-21-29(37)15-12-26(27)20-28/h12-17,21-24,28,37H,7-11,18-20H2,1-6H3/t24?,28-/m1/s1. The molecule has 3 aromatic carbocycles. The van der Waals surface area contributed by atoms with E-state index in [-0.39, 0.29) is 6.04 Å². The highest BCUT2D eigenvalue weighted by atomic mass is 16.5. The molecule has 3 aromatic rings. The van der Waals surface area contributed by atoms with Gasteiger partial charge in [-0.1, -0.05) is 32.0 Å². The fraction of sp³-hybridized carbons (Fsp3) is 0.471. The average molecular weight is 547 g/mol. The van der Waals surface area contributed by atoms with Crippen LogP contribution in [0.15, 0.2) is 54.6 Å². The van der Waals surface area contributed by atoms with E-state index in [0.29, 0.717) is 18.3 Å². The normalized spacial score (nSPS) is 15.4. The molecule has 2 atom stereocenters. The van der Waals surface area contributed by atoms with Crippen LogP contribution in [0.1, 0.15) is 68.3 Å². The summed E-state index contributed by atoms with van der Waals surface area (Å²) in [6.45, 7) is 13.4. The predicted molar refractivity (Wildman–Crippen MR) is 164 cm³/mol. The van der Waals surface area contributed by atoms with Crippen LogP contribution in [-0.2, 0) is 12.8 Å². The number of hydrogen-bond acceptors (Lipinski definition) is 6. The molecular formula is C34H46N2O4. The fourth-order valence-corrected chi connectivity index (χ4v) is 5.97. The van der Waals surface area contributed by atoms with Gasteiger partial charge in [0.2, 0.25) is 0 Å². The number of methoxy groups -OCH3 is 2. The lowest BCUT2D eigenvalue weighted by Crippen LogP contribution is -2.29. The Morgan fingerprint density at radius 1 is 0.875 bits per heavy atom. The minimum absolute atomic E-state index is 0.152. The number of phenols is 1. The summed E-state index contributed by atoms with van der Waals surface area (Å²) in [7, 11) is 3.40. The number of nitrogens with zero attached hydrogens (tertiary/aromatic N) is 2. The smallest absolute Gasteiger partial charge is 0.162 e. The van der Waals surface area contributed by atoms with E-state index >= 15 is 0 Å². The second-order valence-corrected chi connectivity index (χ2v) is 10.6. The van der Waals surface area contributed by atoms with Crippen molar-refractivity contribution in [1.82, 2.24) is 4.90 Å². The average Bonchev–Trinajstić information content (AvgIpc) is 2.99. The molecule has 0 spiro atoms. The van der Waals surface area contributed by atoms with Gasteiger partial charge in [-0.05, 0) is 105 Å². The Morgan fingerprint density at radius 3 is 2.23 bits per heavy atom. The van der Waals surface area contributed by atoms with E-state index < -0.39 is 0 Å². The zero-order valence-corrected chi connectivity index (χ0v) is 25.1. The van der Waals surface area contributed by atoms with Gasteiger partial charge in [0, 0.05) is 24.8 Å². The van der Waals surface area contributed by atoms with Gasteiger partial charge in [-0.2, -0.15) is 0 Å². The number of likely N-dealkylation sites (N-methyl/N-ethyl adjacent to an activating group) is 1. The van der Waals surface area contributed by atoms with Crippen LogP contribution in [0.25, 0.3) is 0 Å². The van der Waals surface area contributed by atoms with Crippen molar-refractivity contribution in [3.05, 3.63) is 76.9 Å². The van der Waals surface area contributed by atoms with Crippen LogP contribution in [0, 0.1) is 0 Å². The van der Waals surface area contributed by atoms with E-state index in [9.17, 15) is 5.11 Å². The van der Waals surface area contributed by atoms with Crippen LogP contribution in [0.4, 0.5) is 5.69 Å². The minimum Gasteiger partial charge on any atom is -0.508 e. The summed E-state index contributed by atoms with van der Waals surface area (Å²) in [5.41, 5.74) is 6.25. The molecule has 1 aliphatic carbocycles. The first-order valence-electron chi connectivity index (χ1n) is 14.7. The number of rotatable bonds is 13. The summed E-state index contributed by atoms with van der Waals surface area (Å²) in [6, 6.07) is 18.8. The minimum atomic E-state index is 0.152. The third kappa shape index (κ3) is 6.67. The van der Waals surface area contributed by atoms with Crippen molar-refractivity contribution < 1.29 is 19.3 Å². The van der Waals surface area contributed by atoms with Gasteiger partial charge in [0.05, 0.1) is 20.3 Å². The van der Waals surface area contributed by atoms with Crippen LogP contribution < -0.4 is 19.1 Å². The van der Waals surface area contributed by atoms with Crippen LogP contribution in [0.2, 0.25) is 0 Å². The molecule has 0 aliphatic heterocycles. The van der Waals surface area contributed by atoms with E-state index in [0.717, 1.165) is 62.7 Å². The van der Waals surface area contributed by atoms with E-state index in [1.165, 1.54) is 27.9 Å². The molecule has 0 bridgehead atoms. The number of aryl methyl sites for hydroxylation is 1. The Morgan fingerprint density at radius 2 is 1.57 bits per heavy atom. The molecule has 216 valence electrons. The molecule has 0 saturated heterocycles. The molecule has 0 fully saturated rings. The number of benzene rings is 3. The molecule has 6 heteroatoms. The molecule has 1 N–H and O–H groups in total. The van der Waals surface area contributed by atoms with Crippen molar-refractivity contribution in [3.63, 3.8) is 0 Å². The Hall–Kier alpha value is -3.38. The number of ether oxygens (including phenoxy) is 3. The lowest BCUT2D eigenvalue weighted by atomic mass is 9.79. The molecule has 0 aromatic heterocycles. The molecule has 1 unspecified atom stereocenters. The Balaban J connectivity index is 1.60. The summed E-state index contributed by atoms with van der Waals surface area (Å²) in [6.07, 6.45) is 2.90. The predicted octanol–water partition coefficient (Wildman–Crippen LogP) is 6.99. The van der Waals surface area contributed by atoms with Crippen LogP contribution in [-0.4, -0.2) is 57.0 Å². The second kappa shape index (κ2) is 13.8. The number of phenolic OH excluding ortho intramolecular Hbond substituents is 1. The molecular weight excluding hydrogens is 500 g/mol. The molecule has 0 amide bonds. The largest absolute Gasteiger partial charge is 0.508 e. The first kappa shape index (κ1) is 29.6. The topological polar surface area (TPSA) is 54.4 Å². The number of aromatic hydroxyl groups is 1. The molecule has 0 radical (unpaired) electrons. The summed E-state index contributed by atoms with van der Waals surface area (Å²) in [4.78, 5) is 4.82. The van der Waals surface area contributed by atoms with Gasteiger partial charge in [0.15, 0.2) is 11.5 Å². The van der Waals surface area contributed by atoms with E-state index in [1.807, 2.05) is 6.07 Å². The fourth-order valence-electron chi connectivity index (χ4n) is 5.97. The van der Waals surface area contributed by atoms with Crippen molar-refractivity contribution in [2.45, 2.75) is 58.9 Å². The molecule has 1 aliphatic rings. The molecule has 40 heavy (non-hydrogen) atoms. The van der Waals surface area contributed by atoms with E-state index in [4.69, 9.17) is 14.2 Å². The van der Waals surface area contributed by atoms with Gasteiger partial charge in [-0.15, -0.1) is 0 Å². The molecule has 6 nitrogen and oxygen atoms in total. The maximum atomic E-state index is 9.97. The highest BCUT2D eigenvalue weighted by Gasteiger charge is 2.28. The monoisotopic (exact) mass is 546 g/mol. The summed E-state index contributed by atoms with van der Waals surface area (Å²) < 4.78 is 17.5. The quantitative estimate of drug-likeness (QED) is 0.249. The molecule has 0 saturated carbocycles. The highest BCUT2D eigenvalue weighted by Crippen LogP contribution is 2.45. The lowest BCUT2D eigenvalue weighted by molar-refractivity contribution is 0.223. The van der Waals surface area contributed by atoms with Gasteiger partial charge in [0.1, 0.15) is 18.1 Å². The number of hydrogen-bond donors (Lipinski definition) is 1. The van der Waals surface area contributed by atoms with Gasteiger partial charge in [-0.3, -0.25) is 0 Å². The zero-order valence-electron chi connectivity index (χ0n) is 25.1. The third-order valence-corrected chi connectivity index (χ3v) is 8.44. The van der Waals surface area contributed by atoms with Crippen molar-refractivity contribution in [2.24, 2.45) is 0 Å². The maximum absolute atomic E-state index is 9.97. The van der Waals surface area contributed by atoms with Crippen molar-refractivity contribution >= 4 is 5.69 Å². The van der Waals surface area contributed by atoms with Crippen molar-refractivity contribution in [2.75, 3.05) is 51.9 Å². The number of fused-ring (bicyclic) bond motifs is 1. The van der Waals surface area contributed by atoms with Crippen LogP contribution in [0.5, 0.6) is 23.0 Å². The van der Waals surface area contributed by atoms with Gasteiger partial charge < -0.3 is 29.1 Å². The summed E-state index contributed by atoms with van der Waals surface area (Å²) in [5, 5.41) is 9.97. The SMILES string of the molecule is CCN(CC)CCOc1ccc(C(C)N(CC)c2cc(OC)c(OC)cc2[C@@H]2CCc3cc(O)ccc3C2)cc1. The second-order valence-electron chi connectivity index (χ2n) is 10.6.